The van der Waals surface area contributed by atoms with Gasteiger partial charge in [0.1, 0.15) is 11.5 Å². The zero-order valence-corrected chi connectivity index (χ0v) is 11.7. The molecule has 100 valence electrons. The lowest BCUT2D eigenvalue weighted by atomic mass is 10.1. The molecule has 0 fully saturated rings. The van der Waals surface area contributed by atoms with E-state index in [0.29, 0.717) is 18.1 Å². The van der Waals surface area contributed by atoms with Crippen molar-refractivity contribution in [2.24, 2.45) is 5.73 Å². The van der Waals surface area contributed by atoms with Crippen LogP contribution in [0.2, 0.25) is 0 Å². The summed E-state index contributed by atoms with van der Waals surface area (Å²) in [6, 6.07) is 7.76. The lowest BCUT2D eigenvalue weighted by Gasteiger charge is -2.07. The fourth-order valence-corrected chi connectivity index (χ4v) is 2.08. The van der Waals surface area contributed by atoms with Crippen molar-refractivity contribution in [3.8, 4) is 0 Å². The van der Waals surface area contributed by atoms with Gasteiger partial charge >= 0.3 is 0 Å². The number of benzene rings is 1. The molecule has 0 saturated heterocycles. The first-order valence-corrected chi connectivity index (χ1v) is 6.68. The Balaban J connectivity index is 2.25. The molecule has 0 aliphatic rings. The molecule has 1 aromatic carbocycles. The Morgan fingerprint density at radius 1 is 1.42 bits per heavy atom. The summed E-state index contributed by atoms with van der Waals surface area (Å²) < 4.78 is 1.90. The summed E-state index contributed by atoms with van der Waals surface area (Å²) in [5, 5.41) is 3.93. The van der Waals surface area contributed by atoms with Crippen LogP contribution in [0.15, 0.2) is 30.5 Å². The number of nitrogens with one attached hydrogen (secondary N) is 1. The van der Waals surface area contributed by atoms with E-state index in [1.165, 1.54) is 0 Å². The fraction of sp³-hybridized carbons (Fsp3) is 0.286. The van der Waals surface area contributed by atoms with Crippen molar-refractivity contribution in [2.75, 3.05) is 6.54 Å². The van der Waals surface area contributed by atoms with E-state index in [0.717, 1.165) is 22.9 Å². The van der Waals surface area contributed by atoms with Gasteiger partial charge in [-0.2, -0.15) is 0 Å². The normalized spacial score (nSPS) is 10.6. The summed E-state index contributed by atoms with van der Waals surface area (Å²) in [6.45, 7) is 3.04. The molecule has 0 unspecified atom stereocenters. The minimum atomic E-state index is 0.0140. The van der Waals surface area contributed by atoms with Crippen molar-refractivity contribution in [3.63, 3.8) is 0 Å². The zero-order valence-electron chi connectivity index (χ0n) is 10.8. The maximum absolute atomic E-state index is 11.7. The number of amides is 1. The molecule has 0 radical (unpaired) electrons. The average Bonchev–Trinajstić information content (AvgIpc) is 2.78. The minimum absolute atomic E-state index is 0.0140. The highest BCUT2D eigenvalue weighted by Crippen LogP contribution is 2.17. The van der Waals surface area contributed by atoms with Gasteiger partial charge in [-0.3, -0.25) is 4.79 Å². The second kappa shape index (κ2) is 5.84. The molecule has 1 heterocycles. The lowest BCUT2D eigenvalue weighted by Crippen LogP contribution is -2.27. The molecule has 5 heteroatoms. The number of nitrogens with zero attached hydrogens (tertiary/aromatic N) is 1. The highest BCUT2D eigenvalue weighted by atomic mass is 32.1. The first-order chi connectivity index (χ1) is 9.11. The predicted molar refractivity (Wildman–Crippen MR) is 81.1 cm³/mol. The van der Waals surface area contributed by atoms with E-state index in [2.05, 4.69) is 5.32 Å². The Kier molecular flexibility index (Phi) is 4.16. The van der Waals surface area contributed by atoms with E-state index in [-0.39, 0.29) is 5.91 Å². The van der Waals surface area contributed by atoms with Crippen LogP contribution in [0.5, 0.6) is 0 Å². The van der Waals surface area contributed by atoms with Gasteiger partial charge in [0.15, 0.2) is 0 Å². The lowest BCUT2D eigenvalue weighted by molar-refractivity contribution is -0.121. The number of thiocarbonyl (C=S) groups is 1. The Hall–Kier alpha value is -1.88. The minimum Gasteiger partial charge on any atom is -0.389 e. The number of rotatable bonds is 5. The number of carbonyl (C=O) groups is 1. The molecule has 3 N–H and O–H groups in total. The summed E-state index contributed by atoms with van der Waals surface area (Å²) in [5.41, 5.74) is 7.42. The average molecular weight is 275 g/mol. The van der Waals surface area contributed by atoms with Crippen LogP contribution in [0.1, 0.15) is 18.9 Å². The molecule has 0 aliphatic heterocycles. The third-order valence-corrected chi connectivity index (χ3v) is 3.18. The number of nitrogens with two attached hydrogens (primary N) is 1. The van der Waals surface area contributed by atoms with Crippen molar-refractivity contribution < 1.29 is 4.79 Å². The van der Waals surface area contributed by atoms with Gasteiger partial charge in [0.05, 0.1) is 0 Å². The third kappa shape index (κ3) is 3.12. The largest absolute Gasteiger partial charge is 0.389 e. The van der Waals surface area contributed by atoms with E-state index in [1.54, 1.807) is 0 Å². The maximum atomic E-state index is 11.7. The van der Waals surface area contributed by atoms with Crippen molar-refractivity contribution >= 4 is 34.0 Å². The molecule has 0 spiro atoms. The number of carbonyl (C=O) groups excluding carboxylic acids is 1. The third-order valence-electron chi connectivity index (χ3n) is 2.94. The SMILES string of the molecule is CCCNC(=O)Cn1ccc2ccc(C(N)=S)cc21. The van der Waals surface area contributed by atoms with Gasteiger partial charge in [-0.25, -0.2) is 0 Å². The molecule has 0 bridgehead atoms. The summed E-state index contributed by atoms with van der Waals surface area (Å²) in [5.74, 6) is 0.0140. The Bertz CT molecular complexity index is 618. The number of hydrogen-bond donors (Lipinski definition) is 2. The van der Waals surface area contributed by atoms with Crippen molar-refractivity contribution in [2.45, 2.75) is 19.9 Å². The number of hydrogen-bond acceptors (Lipinski definition) is 2. The Labute approximate surface area is 117 Å². The zero-order chi connectivity index (χ0) is 13.8. The highest BCUT2D eigenvalue weighted by molar-refractivity contribution is 7.80. The van der Waals surface area contributed by atoms with Crippen LogP contribution in [0.4, 0.5) is 0 Å². The van der Waals surface area contributed by atoms with Crippen molar-refractivity contribution in [1.82, 2.24) is 9.88 Å². The monoisotopic (exact) mass is 275 g/mol. The first-order valence-electron chi connectivity index (χ1n) is 6.27. The molecule has 0 saturated carbocycles. The van der Waals surface area contributed by atoms with E-state index in [4.69, 9.17) is 18.0 Å². The fourth-order valence-electron chi connectivity index (χ4n) is 1.95. The van der Waals surface area contributed by atoms with Crippen molar-refractivity contribution in [1.29, 1.82) is 0 Å². The molecular weight excluding hydrogens is 258 g/mol. The van der Waals surface area contributed by atoms with E-state index >= 15 is 0 Å². The van der Waals surface area contributed by atoms with Gasteiger partial charge < -0.3 is 15.6 Å². The maximum Gasteiger partial charge on any atom is 0.239 e. The highest BCUT2D eigenvalue weighted by Gasteiger charge is 2.07. The van der Waals surface area contributed by atoms with E-state index in [1.807, 2.05) is 42.0 Å². The number of aromatic nitrogens is 1. The van der Waals surface area contributed by atoms with Crippen LogP contribution in [0, 0.1) is 0 Å². The van der Waals surface area contributed by atoms with E-state index in [9.17, 15) is 4.79 Å². The molecule has 1 amide bonds. The summed E-state index contributed by atoms with van der Waals surface area (Å²) in [4.78, 5) is 12.1. The van der Waals surface area contributed by atoms with Gasteiger partial charge in [-0.1, -0.05) is 31.3 Å². The summed E-state index contributed by atoms with van der Waals surface area (Å²) >= 11 is 4.98. The smallest absolute Gasteiger partial charge is 0.239 e. The Morgan fingerprint density at radius 3 is 2.89 bits per heavy atom. The van der Waals surface area contributed by atoms with Gasteiger partial charge in [-0.05, 0) is 23.9 Å². The topological polar surface area (TPSA) is 60.0 Å². The van der Waals surface area contributed by atoms with Crippen LogP contribution < -0.4 is 11.1 Å². The quantitative estimate of drug-likeness (QED) is 0.818. The van der Waals surface area contributed by atoms with Gasteiger partial charge in [0.2, 0.25) is 5.91 Å². The molecule has 2 rings (SSSR count). The summed E-state index contributed by atoms with van der Waals surface area (Å²) in [7, 11) is 0. The molecule has 2 aromatic rings. The first kappa shape index (κ1) is 13.5. The molecule has 4 nitrogen and oxygen atoms in total. The van der Waals surface area contributed by atoms with Crippen LogP contribution in [-0.4, -0.2) is 22.0 Å². The Morgan fingerprint density at radius 2 is 2.21 bits per heavy atom. The van der Waals surface area contributed by atoms with Crippen LogP contribution >= 0.6 is 12.2 Å². The van der Waals surface area contributed by atoms with Gasteiger partial charge in [0, 0.05) is 23.8 Å². The molecule has 0 atom stereocenters. The van der Waals surface area contributed by atoms with Crippen LogP contribution in [0.25, 0.3) is 10.9 Å². The van der Waals surface area contributed by atoms with Crippen LogP contribution in [0.3, 0.4) is 0 Å². The van der Waals surface area contributed by atoms with Crippen molar-refractivity contribution in [3.05, 3.63) is 36.0 Å². The molecular formula is C14H17N3OS. The second-order valence-corrected chi connectivity index (χ2v) is 4.87. The molecule has 1 aromatic heterocycles. The standard InChI is InChI=1S/C14H17N3OS/c1-2-6-16-13(18)9-17-7-5-10-3-4-11(14(15)19)8-12(10)17/h3-5,7-8H,2,6,9H2,1H3,(H2,15,19)(H,16,18). The molecule has 0 aliphatic carbocycles. The predicted octanol–water partition coefficient (Wildman–Crippen LogP) is 1.80. The van der Waals surface area contributed by atoms with Gasteiger partial charge in [-0.15, -0.1) is 0 Å². The number of fused-ring (bicyclic) bond motifs is 1. The van der Waals surface area contributed by atoms with Crippen LogP contribution in [-0.2, 0) is 11.3 Å². The van der Waals surface area contributed by atoms with E-state index < -0.39 is 0 Å². The van der Waals surface area contributed by atoms with Gasteiger partial charge in [0.25, 0.3) is 0 Å². The second-order valence-electron chi connectivity index (χ2n) is 4.43. The summed E-state index contributed by atoms with van der Waals surface area (Å²) in [6.07, 6.45) is 2.84. The molecule has 19 heavy (non-hydrogen) atoms.